The van der Waals surface area contributed by atoms with Gasteiger partial charge in [-0.3, -0.25) is 0 Å². The van der Waals surface area contributed by atoms with Crippen LogP contribution in [0.25, 0.3) is 33.3 Å². The average molecular weight is 491 g/mol. The maximum absolute atomic E-state index is 5.32. The molecule has 2 heterocycles. The Morgan fingerprint density at radius 3 is 1.34 bits per heavy atom. The summed E-state index contributed by atoms with van der Waals surface area (Å²) in [6.07, 6.45) is 0. The Kier molecular flexibility index (Phi) is 5.19. The van der Waals surface area contributed by atoms with Gasteiger partial charge in [-0.1, -0.05) is 97.1 Å². The summed E-state index contributed by atoms with van der Waals surface area (Å²) in [5, 5.41) is 13.0. The average Bonchev–Trinajstić information content (AvgIpc) is 3.61. The SMILES string of the molecule is Cc1ccc(-c2ccccc2)n1N=C1/C(=N/n2c(C)ccc2-c2ccccc2)c2cccc3cccc1c23. The quantitative estimate of drug-likeness (QED) is 0.241. The Bertz CT molecular complexity index is 1730. The van der Waals surface area contributed by atoms with Gasteiger partial charge in [-0.05, 0) is 43.5 Å². The van der Waals surface area contributed by atoms with Crippen LogP contribution >= 0.6 is 0 Å². The van der Waals surface area contributed by atoms with Gasteiger partial charge >= 0.3 is 0 Å². The van der Waals surface area contributed by atoms with E-state index >= 15 is 0 Å². The zero-order chi connectivity index (χ0) is 25.6. The van der Waals surface area contributed by atoms with Crippen molar-refractivity contribution in [2.24, 2.45) is 10.2 Å². The van der Waals surface area contributed by atoms with E-state index in [-0.39, 0.29) is 0 Å². The number of hydrogen-bond acceptors (Lipinski definition) is 2. The summed E-state index contributed by atoms with van der Waals surface area (Å²) in [6.45, 7) is 4.19. The molecule has 4 heteroatoms. The van der Waals surface area contributed by atoms with Crippen molar-refractivity contribution in [2.45, 2.75) is 13.8 Å². The third-order valence-electron chi connectivity index (χ3n) is 7.27. The molecule has 0 unspecified atom stereocenters. The van der Waals surface area contributed by atoms with Gasteiger partial charge in [0, 0.05) is 39.0 Å². The predicted octanol–water partition coefficient (Wildman–Crippen LogP) is 7.91. The van der Waals surface area contributed by atoms with E-state index in [4.69, 9.17) is 10.2 Å². The molecule has 0 saturated carbocycles. The van der Waals surface area contributed by atoms with Crippen molar-refractivity contribution in [3.8, 4) is 22.5 Å². The molecular weight excluding hydrogens is 464 g/mol. The van der Waals surface area contributed by atoms with Gasteiger partial charge in [0.05, 0.1) is 11.4 Å². The van der Waals surface area contributed by atoms with Crippen molar-refractivity contribution in [1.29, 1.82) is 0 Å². The molecule has 0 amide bonds. The monoisotopic (exact) mass is 490 g/mol. The van der Waals surface area contributed by atoms with Crippen LogP contribution in [-0.4, -0.2) is 20.8 Å². The predicted molar refractivity (Wildman–Crippen MR) is 157 cm³/mol. The number of benzene rings is 4. The highest BCUT2D eigenvalue weighted by atomic mass is 15.4. The number of hydrogen-bond donors (Lipinski definition) is 0. The molecular formula is C34H26N4. The van der Waals surface area contributed by atoms with E-state index in [1.807, 2.05) is 21.5 Å². The van der Waals surface area contributed by atoms with E-state index in [0.29, 0.717) is 0 Å². The van der Waals surface area contributed by atoms with Crippen LogP contribution in [0.3, 0.4) is 0 Å². The minimum atomic E-state index is 0.875. The Balaban J connectivity index is 1.49. The molecule has 182 valence electrons. The van der Waals surface area contributed by atoms with Gasteiger partial charge in [0.25, 0.3) is 0 Å². The molecule has 0 radical (unpaired) electrons. The van der Waals surface area contributed by atoms with E-state index < -0.39 is 0 Å². The fourth-order valence-electron chi connectivity index (χ4n) is 5.38. The molecule has 0 saturated heterocycles. The van der Waals surface area contributed by atoms with E-state index in [9.17, 15) is 0 Å². The van der Waals surface area contributed by atoms with Crippen LogP contribution in [0.5, 0.6) is 0 Å². The fraction of sp³-hybridized carbons (Fsp3) is 0.0588. The second-order valence-corrected chi connectivity index (χ2v) is 9.68. The maximum atomic E-state index is 5.32. The summed E-state index contributed by atoms with van der Waals surface area (Å²) < 4.78 is 4.09. The molecule has 4 aromatic carbocycles. The summed E-state index contributed by atoms with van der Waals surface area (Å²) in [7, 11) is 0. The van der Waals surface area contributed by atoms with Gasteiger partial charge in [-0.15, -0.1) is 0 Å². The van der Waals surface area contributed by atoms with Crippen molar-refractivity contribution < 1.29 is 0 Å². The van der Waals surface area contributed by atoms with E-state index in [0.717, 1.165) is 56.5 Å². The normalized spacial score (nSPS) is 14.7. The third-order valence-corrected chi connectivity index (χ3v) is 7.27. The van der Waals surface area contributed by atoms with Crippen molar-refractivity contribution in [1.82, 2.24) is 9.35 Å². The summed E-state index contributed by atoms with van der Waals surface area (Å²) in [5.74, 6) is 0. The van der Waals surface area contributed by atoms with Crippen molar-refractivity contribution in [2.75, 3.05) is 0 Å². The first-order valence-corrected chi connectivity index (χ1v) is 12.9. The number of rotatable bonds is 4. The molecule has 38 heavy (non-hydrogen) atoms. The number of aromatic nitrogens is 2. The molecule has 0 bridgehead atoms. The molecule has 1 aliphatic rings. The zero-order valence-corrected chi connectivity index (χ0v) is 21.3. The Morgan fingerprint density at radius 1 is 0.447 bits per heavy atom. The molecule has 6 aromatic rings. The summed E-state index contributed by atoms with van der Waals surface area (Å²) in [4.78, 5) is 0. The van der Waals surface area contributed by atoms with Crippen LogP contribution < -0.4 is 0 Å². The minimum Gasteiger partial charge on any atom is -0.237 e. The lowest BCUT2D eigenvalue weighted by atomic mass is 10.1. The first-order chi connectivity index (χ1) is 18.7. The van der Waals surface area contributed by atoms with Gasteiger partial charge in [-0.2, -0.15) is 10.2 Å². The second kappa shape index (κ2) is 8.86. The number of aryl methyl sites for hydroxylation is 2. The van der Waals surface area contributed by atoms with Crippen LogP contribution in [0, 0.1) is 13.8 Å². The molecule has 4 nitrogen and oxygen atoms in total. The van der Waals surface area contributed by atoms with Crippen LogP contribution in [0.1, 0.15) is 22.5 Å². The lowest BCUT2D eigenvalue weighted by Crippen LogP contribution is -2.16. The topological polar surface area (TPSA) is 34.6 Å². The van der Waals surface area contributed by atoms with Crippen LogP contribution in [0.15, 0.2) is 132 Å². The highest BCUT2D eigenvalue weighted by molar-refractivity contribution is 6.60. The molecule has 2 aromatic heterocycles. The van der Waals surface area contributed by atoms with Crippen molar-refractivity contribution >= 4 is 22.2 Å². The molecule has 0 spiro atoms. The highest BCUT2D eigenvalue weighted by Crippen LogP contribution is 2.34. The van der Waals surface area contributed by atoms with Gasteiger partial charge < -0.3 is 0 Å². The Hall–Kier alpha value is -4.96. The van der Waals surface area contributed by atoms with Gasteiger partial charge in [0.1, 0.15) is 11.4 Å². The van der Waals surface area contributed by atoms with E-state index in [1.165, 1.54) is 10.8 Å². The van der Waals surface area contributed by atoms with Crippen LogP contribution in [0.4, 0.5) is 0 Å². The van der Waals surface area contributed by atoms with Gasteiger partial charge in [-0.25, -0.2) is 9.35 Å². The molecule has 1 aliphatic carbocycles. The Morgan fingerprint density at radius 2 is 0.895 bits per heavy atom. The van der Waals surface area contributed by atoms with Crippen molar-refractivity contribution in [3.63, 3.8) is 0 Å². The fourth-order valence-corrected chi connectivity index (χ4v) is 5.38. The largest absolute Gasteiger partial charge is 0.237 e. The van der Waals surface area contributed by atoms with E-state index in [2.05, 4.69) is 123 Å². The first-order valence-electron chi connectivity index (χ1n) is 12.9. The first kappa shape index (κ1) is 22.3. The molecule has 7 rings (SSSR count). The molecule has 0 N–H and O–H groups in total. The second-order valence-electron chi connectivity index (χ2n) is 9.68. The van der Waals surface area contributed by atoms with Crippen molar-refractivity contribution in [3.05, 3.63) is 144 Å². The molecule has 0 aliphatic heterocycles. The standard InChI is InChI=1S/C34H26N4/c1-23-19-21-30(25-11-5-3-6-12-25)37(23)35-33-28-17-9-15-27-16-10-18-29(32(27)28)34(33)36-38-24(2)20-22-31(38)26-13-7-4-8-14-26/h3-22H,1-2H3/b35-33+,36-34?. The summed E-state index contributed by atoms with van der Waals surface area (Å²) >= 11 is 0. The zero-order valence-electron chi connectivity index (χ0n) is 21.3. The van der Waals surface area contributed by atoms with Crippen LogP contribution in [-0.2, 0) is 0 Å². The third kappa shape index (κ3) is 3.53. The molecule has 0 fully saturated rings. The minimum absolute atomic E-state index is 0.875. The Labute approximate surface area is 221 Å². The van der Waals surface area contributed by atoms with Gasteiger partial charge in [0.15, 0.2) is 0 Å². The smallest absolute Gasteiger partial charge is 0.120 e. The molecule has 0 atom stereocenters. The van der Waals surface area contributed by atoms with Crippen LogP contribution in [0.2, 0.25) is 0 Å². The van der Waals surface area contributed by atoms with E-state index in [1.54, 1.807) is 0 Å². The summed E-state index contributed by atoms with van der Waals surface area (Å²) in [6, 6.07) is 42.2. The maximum Gasteiger partial charge on any atom is 0.120 e. The lowest BCUT2D eigenvalue weighted by Gasteiger charge is -2.11. The van der Waals surface area contributed by atoms with Gasteiger partial charge in [0.2, 0.25) is 0 Å². The number of nitrogens with zero attached hydrogens (tertiary/aromatic N) is 4. The highest BCUT2D eigenvalue weighted by Gasteiger charge is 2.29. The lowest BCUT2D eigenvalue weighted by molar-refractivity contribution is 0.850. The summed E-state index contributed by atoms with van der Waals surface area (Å²) in [5.41, 5.74) is 10.5.